The molecule has 0 aliphatic rings. The minimum Gasteiger partial charge on any atom is -0.493 e. The molecular formula is C18H19Cl2NO3S. The lowest BCUT2D eigenvalue weighted by Gasteiger charge is -2.10. The van der Waals surface area contributed by atoms with E-state index in [2.05, 4.69) is 5.32 Å². The summed E-state index contributed by atoms with van der Waals surface area (Å²) >= 11 is 13.9. The molecule has 2 aromatic rings. The Labute approximate surface area is 161 Å². The molecule has 0 saturated heterocycles. The summed E-state index contributed by atoms with van der Waals surface area (Å²) in [7, 11) is 1.56. The maximum Gasteiger partial charge on any atom is 0.257 e. The van der Waals surface area contributed by atoms with Gasteiger partial charge in [0.05, 0.1) is 7.11 Å². The van der Waals surface area contributed by atoms with Gasteiger partial charge in [0, 0.05) is 28.1 Å². The van der Waals surface area contributed by atoms with Crippen LogP contribution in [0.1, 0.15) is 5.56 Å². The Kier molecular flexibility index (Phi) is 8.25. The summed E-state index contributed by atoms with van der Waals surface area (Å²) in [4.78, 5) is 11.8. The average Bonchev–Trinajstić information content (AvgIpc) is 2.62. The first kappa shape index (κ1) is 19.8. The average molecular weight is 400 g/mol. The summed E-state index contributed by atoms with van der Waals surface area (Å²) in [5.74, 6) is 2.42. The van der Waals surface area contributed by atoms with Gasteiger partial charge in [0.15, 0.2) is 18.1 Å². The second kappa shape index (κ2) is 10.4. The largest absolute Gasteiger partial charge is 0.493 e. The van der Waals surface area contributed by atoms with Crippen molar-refractivity contribution >= 4 is 40.9 Å². The van der Waals surface area contributed by atoms with Crippen LogP contribution >= 0.6 is 35.0 Å². The van der Waals surface area contributed by atoms with Crippen LogP contribution in [0.15, 0.2) is 42.5 Å². The molecule has 134 valence electrons. The normalized spacial score (nSPS) is 10.4. The molecule has 0 unspecified atom stereocenters. The lowest BCUT2D eigenvalue weighted by atomic mass is 10.2. The number of halogens is 2. The van der Waals surface area contributed by atoms with Gasteiger partial charge in [0.1, 0.15) is 0 Å². The summed E-state index contributed by atoms with van der Waals surface area (Å²) in [5.41, 5.74) is 0.918. The highest BCUT2D eigenvalue weighted by molar-refractivity contribution is 7.98. The third kappa shape index (κ3) is 6.34. The molecule has 0 aliphatic heterocycles. The molecule has 1 N–H and O–H groups in total. The predicted octanol–water partition coefficient (Wildman–Crippen LogP) is 4.43. The Bertz CT molecular complexity index is 692. The van der Waals surface area contributed by atoms with Gasteiger partial charge in [-0.2, -0.15) is 11.8 Å². The van der Waals surface area contributed by atoms with E-state index in [1.165, 1.54) is 0 Å². The first-order valence-electron chi connectivity index (χ1n) is 7.65. The van der Waals surface area contributed by atoms with E-state index in [9.17, 15) is 4.79 Å². The monoisotopic (exact) mass is 399 g/mol. The third-order valence-electron chi connectivity index (χ3n) is 3.30. The summed E-state index contributed by atoms with van der Waals surface area (Å²) in [6.07, 6.45) is 0. The zero-order chi connectivity index (χ0) is 18.1. The van der Waals surface area contributed by atoms with Crippen molar-refractivity contribution in [3.63, 3.8) is 0 Å². The third-order valence-corrected chi connectivity index (χ3v) is 5.00. The Hall–Kier alpha value is -1.56. The molecule has 0 heterocycles. The molecule has 25 heavy (non-hydrogen) atoms. The number of carbonyl (C=O) groups is 1. The van der Waals surface area contributed by atoms with Gasteiger partial charge in [-0.05, 0) is 29.8 Å². The number of hydrogen-bond acceptors (Lipinski definition) is 4. The number of carbonyl (C=O) groups excluding carboxylic acids is 1. The van der Waals surface area contributed by atoms with Gasteiger partial charge in [-0.25, -0.2) is 0 Å². The quantitative estimate of drug-likeness (QED) is 0.633. The lowest BCUT2D eigenvalue weighted by Crippen LogP contribution is -2.30. The van der Waals surface area contributed by atoms with E-state index in [1.807, 2.05) is 30.3 Å². The Morgan fingerprint density at radius 2 is 1.76 bits per heavy atom. The molecule has 2 aromatic carbocycles. The molecule has 1 amide bonds. The smallest absolute Gasteiger partial charge is 0.257 e. The van der Waals surface area contributed by atoms with Crippen molar-refractivity contribution < 1.29 is 14.3 Å². The number of amides is 1. The van der Waals surface area contributed by atoms with Crippen LogP contribution in [0, 0.1) is 0 Å². The van der Waals surface area contributed by atoms with E-state index < -0.39 is 0 Å². The molecule has 0 aliphatic carbocycles. The molecule has 0 fully saturated rings. The molecule has 4 nitrogen and oxygen atoms in total. The highest BCUT2D eigenvalue weighted by atomic mass is 35.5. The summed E-state index contributed by atoms with van der Waals surface area (Å²) in [5, 5.41) is 4.14. The van der Waals surface area contributed by atoms with Crippen molar-refractivity contribution in [1.82, 2.24) is 5.32 Å². The van der Waals surface area contributed by atoms with E-state index in [0.717, 1.165) is 11.3 Å². The summed E-state index contributed by atoms with van der Waals surface area (Å²) in [6, 6.07) is 12.7. The number of methoxy groups -OCH3 is 1. The van der Waals surface area contributed by atoms with E-state index >= 15 is 0 Å². The minimum atomic E-state index is -0.178. The van der Waals surface area contributed by atoms with Gasteiger partial charge in [-0.1, -0.05) is 41.4 Å². The molecular weight excluding hydrogens is 381 g/mol. The SMILES string of the molecule is COc1ccccc1OCC(=O)NCCSCc1c(Cl)cccc1Cl. The standard InChI is InChI=1S/C18H19Cl2NO3S/c1-23-16-7-2-3-8-17(16)24-11-18(22)21-9-10-25-12-13-14(19)5-4-6-15(13)20/h2-8H,9-12H2,1H3,(H,21,22). The summed E-state index contributed by atoms with van der Waals surface area (Å²) < 4.78 is 10.6. The highest BCUT2D eigenvalue weighted by Crippen LogP contribution is 2.28. The van der Waals surface area contributed by atoms with Crippen molar-refractivity contribution in [2.75, 3.05) is 26.0 Å². The van der Waals surface area contributed by atoms with E-state index in [0.29, 0.717) is 33.8 Å². The molecule has 0 radical (unpaired) electrons. The number of rotatable bonds is 9. The number of hydrogen-bond donors (Lipinski definition) is 1. The maximum atomic E-state index is 11.8. The number of thioether (sulfide) groups is 1. The number of nitrogens with one attached hydrogen (secondary N) is 1. The maximum absolute atomic E-state index is 11.8. The molecule has 0 saturated carbocycles. The van der Waals surface area contributed by atoms with Gasteiger partial charge in [0.25, 0.3) is 5.91 Å². The van der Waals surface area contributed by atoms with Gasteiger partial charge in [0.2, 0.25) is 0 Å². The van der Waals surface area contributed by atoms with Crippen molar-refractivity contribution in [2.24, 2.45) is 0 Å². The molecule has 0 atom stereocenters. The molecule has 2 rings (SSSR count). The van der Waals surface area contributed by atoms with Crippen LogP contribution in [0.4, 0.5) is 0 Å². The van der Waals surface area contributed by atoms with Crippen LogP contribution < -0.4 is 14.8 Å². The van der Waals surface area contributed by atoms with Crippen LogP contribution in [0.2, 0.25) is 10.0 Å². The highest BCUT2D eigenvalue weighted by Gasteiger charge is 2.07. The van der Waals surface area contributed by atoms with Gasteiger partial charge < -0.3 is 14.8 Å². The van der Waals surface area contributed by atoms with Gasteiger partial charge >= 0.3 is 0 Å². The topological polar surface area (TPSA) is 47.6 Å². The van der Waals surface area contributed by atoms with Crippen molar-refractivity contribution in [2.45, 2.75) is 5.75 Å². The fraction of sp³-hybridized carbons (Fsp3) is 0.278. The number of ether oxygens (including phenoxy) is 2. The lowest BCUT2D eigenvalue weighted by molar-refractivity contribution is -0.122. The second-order valence-corrected chi connectivity index (χ2v) is 6.96. The Morgan fingerprint density at radius 3 is 2.44 bits per heavy atom. The first-order chi connectivity index (χ1) is 12.1. The van der Waals surface area contributed by atoms with Crippen molar-refractivity contribution in [3.8, 4) is 11.5 Å². The van der Waals surface area contributed by atoms with Crippen LogP contribution in [0.3, 0.4) is 0 Å². The Balaban J connectivity index is 1.66. The molecule has 0 spiro atoms. The Morgan fingerprint density at radius 1 is 1.08 bits per heavy atom. The predicted molar refractivity (Wildman–Crippen MR) is 104 cm³/mol. The van der Waals surface area contributed by atoms with Gasteiger partial charge in [-0.3, -0.25) is 4.79 Å². The molecule has 0 aromatic heterocycles. The molecule has 7 heteroatoms. The minimum absolute atomic E-state index is 0.0542. The fourth-order valence-electron chi connectivity index (χ4n) is 2.04. The molecule has 0 bridgehead atoms. The fourth-order valence-corrected chi connectivity index (χ4v) is 3.63. The van der Waals surface area contributed by atoms with Crippen LogP contribution in [-0.2, 0) is 10.5 Å². The van der Waals surface area contributed by atoms with Crippen molar-refractivity contribution in [1.29, 1.82) is 0 Å². The van der Waals surface area contributed by atoms with Crippen LogP contribution in [0.5, 0.6) is 11.5 Å². The van der Waals surface area contributed by atoms with E-state index in [-0.39, 0.29) is 12.5 Å². The van der Waals surface area contributed by atoms with Crippen molar-refractivity contribution in [3.05, 3.63) is 58.1 Å². The number of benzene rings is 2. The first-order valence-corrected chi connectivity index (χ1v) is 9.56. The second-order valence-electron chi connectivity index (χ2n) is 5.04. The zero-order valence-corrected chi connectivity index (χ0v) is 16.1. The number of para-hydroxylation sites is 2. The van der Waals surface area contributed by atoms with Crippen LogP contribution in [0.25, 0.3) is 0 Å². The van der Waals surface area contributed by atoms with E-state index in [1.54, 1.807) is 31.0 Å². The van der Waals surface area contributed by atoms with Crippen LogP contribution in [-0.4, -0.2) is 31.9 Å². The van der Waals surface area contributed by atoms with E-state index in [4.69, 9.17) is 32.7 Å². The summed E-state index contributed by atoms with van der Waals surface area (Å²) in [6.45, 7) is 0.488. The van der Waals surface area contributed by atoms with Gasteiger partial charge in [-0.15, -0.1) is 0 Å². The zero-order valence-electron chi connectivity index (χ0n) is 13.8.